The molecule has 0 amide bonds. The van der Waals surface area contributed by atoms with E-state index >= 15 is 0 Å². The summed E-state index contributed by atoms with van der Waals surface area (Å²) in [7, 11) is 1.97. The van der Waals surface area contributed by atoms with Gasteiger partial charge in [-0.3, -0.25) is 0 Å². The van der Waals surface area contributed by atoms with Crippen molar-refractivity contribution < 1.29 is 4.74 Å². The lowest BCUT2D eigenvalue weighted by molar-refractivity contribution is 0.211. The van der Waals surface area contributed by atoms with Crippen molar-refractivity contribution in [2.45, 2.75) is 37.8 Å². The second-order valence-corrected chi connectivity index (χ2v) is 7.70. The number of aryl methyl sites for hydroxylation is 2. The Hall–Kier alpha value is -1.98. The molecule has 0 radical (unpaired) electrons. The normalized spacial score (nSPS) is 12.2. The first kappa shape index (κ1) is 18.8. The van der Waals surface area contributed by atoms with E-state index in [1.165, 1.54) is 16.7 Å². The van der Waals surface area contributed by atoms with Crippen molar-refractivity contribution in [3.63, 3.8) is 0 Å². The van der Waals surface area contributed by atoms with E-state index in [1.807, 2.05) is 48.9 Å². The van der Waals surface area contributed by atoms with Gasteiger partial charge in [0.2, 0.25) is 0 Å². The molecule has 0 aliphatic carbocycles. The molecule has 1 unspecified atom stereocenters. The zero-order valence-electron chi connectivity index (χ0n) is 15.4. The second kappa shape index (κ2) is 8.14. The van der Waals surface area contributed by atoms with E-state index in [0.29, 0.717) is 0 Å². The molecule has 0 fully saturated rings. The minimum Gasteiger partial charge on any atom is -0.483 e. The maximum atomic E-state index is 6.06. The van der Waals surface area contributed by atoms with Crippen LogP contribution >= 0.6 is 23.4 Å². The van der Waals surface area contributed by atoms with Gasteiger partial charge >= 0.3 is 0 Å². The highest BCUT2D eigenvalue weighted by Crippen LogP contribution is 2.26. The van der Waals surface area contributed by atoms with Crippen LogP contribution in [0, 0.1) is 13.8 Å². The van der Waals surface area contributed by atoms with Crippen molar-refractivity contribution in [2.75, 3.05) is 0 Å². The van der Waals surface area contributed by atoms with Gasteiger partial charge in [-0.15, -0.1) is 10.2 Å². The van der Waals surface area contributed by atoms with Crippen molar-refractivity contribution in [1.29, 1.82) is 0 Å². The van der Waals surface area contributed by atoms with Gasteiger partial charge in [-0.2, -0.15) is 0 Å². The molecule has 2 aromatic carbocycles. The standard InChI is InChI=1S/C20H22ClN3OS/c1-13-5-10-18(11-14(13)2)25-15(3)19-22-23-20(24(19)4)26-12-16-6-8-17(21)9-7-16/h5-11,15H,12H2,1-4H3. The first-order valence-corrected chi connectivity index (χ1v) is 9.81. The van der Waals surface area contributed by atoms with E-state index in [4.69, 9.17) is 16.3 Å². The molecular formula is C20H22ClN3OS. The lowest BCUT2D eigenvalue weighted by Gasteiger charge is -2.15. The third kappa shape index (κ3) is 4.40. The highest BCUT2D eigenvalue weighted by Gasteiger charge is 2.17. The molecule has 0 saturated carbocycles. The van der Waals surface area contributed by atoms with Crippen molar-refractivity contribution in [2.24, 2.45) is 7.05 Å². The van der Waals surface area contributed by atoms with E-state index in [2.05, 4.69) is 36.2 Å². The van der Waals surface area contributed by atoms with Gasteiger partial charge in [0.25, 0.3) is 0 Å². The first-order chi connectivity index (χ1) is 12.4. The number of ether oxygens (including phenoxy) is 1. The molecule has 4 nitrogen and oxygen atoms in total. The van der Waals surface area contributed by atoms with Crippen LogP contribution in [0.2, 0.25) is 5.02 Å². The molecule has 0 bridgehead atoms. The zero-order valence-corrected chi connectivity index (χ0v) is 16.9. The minimum atomic E-state index is -0.181. The Morgan fingerprint density at radius 2 is 1.81 bits per heavy atom. The summed E-state index contributed by atoms with van der Waals surface area (Å²) in [6.07, 6.45) is -0.181. The van der Waals surface area contributed by atoms with E-state index in [9.17, 15) is 0 Å². The van der Waals surface area contributed by atoms with Crippen LogP contribution in [0.5, 0.6) is 5.75 Å². The van der Waals surface area contributed by atoms with E-state index < -0.39 is 0 Å². The van der Waals surface area contributed by atoms with Crippen LogP contribution in [0.1, 0.15) is 35.5 Å². The van der Waals surface area contributed by atoms with Crippen molar-refractivity contribution in [1.82, 2.24) is 14.8 Å². The zero-order chi connectivity index (χ0) is 18.7. The topological polar surface area (TPSA) is 39.9 Å². The molecule has 26 heavy (non-hydrogen) atoms. The van der Waals surface area contributed by atoms with Crippen LogP contribution in [0.3, 0.4) is 0 Å². The van der Waals surface area contributed by atoms with Crippen LogP contribution in [0.4, 0.5) is 0 Å². The number of rotatable bonds is 6. The Bertz CT molecular complexity index is 893. The van der Waals surface area contributed by atoms with E-state index in [1.54, 1.807) is 11.8 Å². The fourth-order valence-electron chi connectivity index (χ4n) is 2.58. The Morgan fingerprint density at radius 1 is 1.08 bits per heavy atom. The summed E-state index contributed by atoms with van der Waals surface area (Å²) in [4.78, 5) is 0. The molecule has 0 spiro atoms. The smallest absolute Gasteiger partial charge is 0.191 e. The quantitative estimate of drug-likeness (QED) is 0.522. The summed E-state index contributed by atoms with van der Waals surface area (Å²) in [5.41, 5.74) is 3.67. The third-order valence-corrected chi connectivity index (χ3v) is 5.65. The lowest BCUT2D eigenvalue weighted by atomic mass is 10.1. The molecule has 3 rings (SSSR count). The number of nitrogens with zero attached hydrogens (tertiary/aromatic N) is 3. The van der Waals surface area contributed by atoms with Crippen molar-refractivity contribution in [3.05, 3.63) is 70.0 Å². The van der Waals surface area contributed by atoms with Gasteiger partial charge in [0.15, 0.2) is 17.1 Å². The summed E-state index contributed by atoms with van der Waals surface area (Å²) in [6, 6.07) is 14.0. The molecule has 0 aliphatic rings. The Balaban J connectivity index is 1.67. The summed E-state index contributed by atoms with van der Waals surface area (Å²) in [5.74, 6) is 2.47. The number of halogens is 1. The minimum absolute atomic E-state index is 0.181. The maximum absolute atomic E-state index is 6.06. The van der Waals surface area contributed by atoms with Crippen LogP contribution in [-0.4, -0.2) is 14.8 Å². The average molecular weight is 388 g/mol. The highest BCUT2D eigenvalue weighted by molar-refractivity contribution is 7.98. The third-order valence-electron chi connectivity index (χ3n) is 4.30. The number of benzene rings is 2. The monoisotopic (exact) mass is 387 g/mol. The number of aromatic nitrogens is 3. The second-order valence-electron chi connectivity index (χ2n) is 6.32. The molecule has 1 aromatic heterocycles. The predicted molar refractivity (Wildman–Crippen MR) is 107 cm³/mol. The van der Waals surface area contributed by atoms with Gasteiger partial charge < -0.3 is 9.30 Å². The summed E-state index contributed by atoms with van der Waals surface area (Å²) >= 11 is 7.58. The van der Waals surface area contributed by atoms with Crippen LogP contribution in [0.15, 0.2) is 47.6 Å². The SMILES string of the molecule is Cc1ccc(OC(C)c2nnc(SCc3ccc(Cl)cc3)n2C)cc1C. The fraction of sp³-hybridized carbons (Fsp3) is 0.300. The molecule has 6 heteroatoms. The largest absolute Gasteiger partial charge is 0.483 e. The lowest BCUT2D eigenvalue weighted by Crippen LogP contribution is -2.10. The van der Waals surface area contributed by atoms with Gasteiger partial charge in [-0.1, -0.05) is 41.6 Å². The fourth-order valence-corrected chi connectivity index (χ4v) is 3.58. The Kier molecular flexibility index (Phi) is 5.89. The maximum Gasteiger partial charge on any atom is 0.191 e. The van der Waals surface area contributed by atoms with Gasteiger partial charge in [-0.25, -0.2) is 0 Å². The number of thioether (sulfide) groups is 1. The van der Waals surface area contributed by atoms with Crippen molar-refractivity contribution >= 4 is 23.4 Å². The summed E-state index contributed by atoms with van der Waals surface area (Å²) < 4.78 is 8.05. The highest BCUT2D eigenvalue weighted by atomic mass is 35.5. The average Bonchev–Trinajstić information content (AvgIpc) is 2.98. The Morgan fingerprint density at radius 3 is 2.50 bits per heavy atom. The van der Waals surface area contributed by atoms with E-state index in [0.717, 1.165) is 27.5 Å². The van der Waals surface area contributed by atoms with Crippen LogP contribution in [0.25, 0.3) is 0 Å². The van der Waals surface area contributed by atoms with Crippen LogP contribution < -0.4 is 4.74 Å². The Labute approximate surface area is 163 Å². The van der Waals surface area contributed by atoms with Crippen molar-refractivity contribution in [3.8, 4) is 5.75 Å². The molecule has 1 atom stereocenters. The summed E-state index contributed by atoms with van der Waals surface area (Å²) in [6.45, 7) is 6.17. The molecule has 1 heterocycles. The molecular weight excluding hydrogens is 366 g/mol. The van der Waals surface area contributed by atoms with Gasteiger partial charge in [0.05, 0.1) is 0 Å². The van der Waals surface area contributed by atoms with Gasteiger partial charge in [0, 0.05) is 17.8 Å². The number of hydrogen-bond donors (Lipinski definition) is 0. The van der Waals surface area contributed by atoms with Gasteiger partial charge in [-0.05, 0) is 61.7 Å². The molecule has 3 aromatic rings. The molecule has 136 valence electrons. The summed E-state index contributed by atoms with van der Waals surface area (Å²) in [5, 5.41) is 10.3. The molecule has 0 aliphatic heterocycles. The first-order valence-electron chi connectivity index (χ1n) is 8.44. The van der Waals surface area contributed by atoms with Gasteiger partial charge in [0.1, 0.15) is 5.75 Å². The predicted octanol–water partition coefficient (Wildman–Crippen LogP) is 5.52. The van der Waals surface area contributed by atoms with Crippen LogP contribution in [-0.2, 0) is 12.8 Å². The number of hydrogen-bond acceptors (Lipinski definition) is 4. The van der Waals surface area contributed by atoms with E-state index in [-0.39, 0.29) is 6.10 Å². The molecule has 0 saturated heterocycles. The molecule has 0 N–H and O–H groups in total.